The highest BCUT2D eigenvalue weighted by molar-refractivity contribution is 6.27. The first-order valence-electron chi connectivity index (χ1n) is 7.79. The Hall–Kier alpha value is -3.26. The molecule has 0 amide bonds. The maximum absolute atomic E-state index is 9.22. The molecule has 8 nitrogen and oxygen atoms in total. The molecule has 1 unspecified atom stereocenters. The summed E-state index contributed by atoms with van der Waals surface area (Å²) in [5, 5.41) is 27.3. The van der Waals surface area contributed by atoms with Gasteiger partial charge in [0.05, 0.1) is 0 Å². The van der Waals surface area contributed by atoms with Gasteiger partial charge in [0.2, 0.25) is 0 Å². The molecule has 2 aromatic carbocycles. The molecule has 8 heteroatoms. The van der Waals surface area contributed by atoms with Crippen molar-refractivity contribution >= 4 is 11.9 Å². The van der Waals surface area contributed by atoms with Crippen LogP contribution in [-0.2, 0) is 16.1 Å². The summed E-state index contributed by atoms with van der Waals surface area (Å²) in [5.41, 5.74) is 1.12. The van der Waals surface area contributed by atoms with Gasteiger partial charge in [0, 0.05) is 13.1 Å². The number of para-hydroxylation sites is 2. The second-order valence-corrected chi connectivity index (χ2v) is 5.41. The van der Waals surface area contributed by atoms with E-state index < -0.39 is 11.9 Å². The number of ether oxygens (including phenoxy) is 2. The van der Waals surface area contributed by atoms with Crippen LogP contribution in [-0.4, -0.2) is 46.5 Å². The van der Waals surface area contributed by atoms with Gasteiger partial charge in [-0.2, -0.15) is 0 Å². The molecule has 1 atom stereocenters. The Labute approximate surface area is 149 Å². The van der Waals surface area contributed by atoms with E-state index in [9.17, 15) is 5.11 Å². The Morgan fingerprint density at radius 2 is 1.62 bits per heavy atom. The third-order valence-corrected chi connectivity index (χ3v) is 3.39. The largest absolute Gasteiger partial charge is 0.508 e. The van der Waals surface area contributed by atoms with Crippen LogP contribution in [0.3, 0.4) is 0 Å². The molecule has 0 aliphatic carbocycles. The number of carboxylic acid groups (broad SMARTS) is 2. The smallest absolute Gasteiger partial charge is 0.414 e. The number of carbonyl (C=O) groups is 2. The Morgan fingerprint density at radius 1 is 1.00 bits per heavy atom. The molecule has 2 aromatic rings. The van der Waals surface area contributed by atoms with E-state index in [1.807, 2.05) is 36.4 Å². The highest BCUT2D eigenvalue weighted by Gasteiger charge is 2.19. The first-order valence-corrected chi connectivity index (χ1v) is 7.79. The van der Waals surface area contributed by atoms with Gasteiger partial charge in [-0.25, -0.2) is 9.59 Å². The zero-order valence-electron chi connectivity index (χ0n) is 13.8. The molecule has 0 saturated carbocycles. The summed E-state index contributed by atoms with van der Waals surface area (Å²) in [7, 11) is 0. The number of nitrogens with one attached hydrogen (secondary N) is 1. The van der Waals surface area contributed by atoms with Crippen molar-refractivity contribution in [3.05, 3.63) is 54.1 Å². The Bertz CT molecular complexity index is 733. The van der Waals surface area contributed by atoms with Gasteiger partial charge in [-0.15, -0.1) is 0 Å². The van der Waals surface area contributed by atoms with E-state index in [1.54, 1.807) is 12.1 Å². The predicted molar refractivity (Wildman–Crippen MR) is 91.4 cm³/mol. The molecule has 4 N–H and O–H groups in total. The Balaban J connectivity index is 0.000000352. The number of benzene rings is 2. The monoisotopic (exact) mass is 361 g/mol. The van der Waals surface area contributed by atoms with Crippen molar-refractivity contribution in [1.29, 1.82) is 0 Å². The summed E-state index contributed by atoms with van der Waals surface area (Å²) in [5.74, 6) is -1.75. The lowest BCUT2D eigenvalue weighted by Gasteiger charge is -2.26. The molecule has 26 heavy (non-hydrogen) atoms. The number of phenolic OH excluding ortho intramolecular Hbond substituents is 1. The van der Waals surface area contributed by atoms with E-state index in [0.29, 0.717) is 6.61 Å². The third kappa shape index (κ3) is 5.99. The maximum Gasteiger partial charge on any atom is 0.414 e. The Kier molecular flexibility index (Phi) is 6.81. The lowest BCUT2D eigenvalue weighted by Crippen LogP contribution is -2.38. The number of rotatable bonds is 4. The number of hydrogen-bond acceptors (Lipinski definition) is 6. The minimum Gasteiger partial charge on any atom is -0.508 e. The fraction of sp³-hybridized carbons (Fsp3) is 0.222. The molecule has 0 spiro atoms. The molecule has 138 valence electrons. The van der Waals surface area contributed by atoms with Gasteiger partial charge in [0.1, 0.15) is 18.5 Å². The molecular formula is C18H19NO7. The molecule has 0 bridgehead atoms. The highest BCUT2D eigenvalue weighted by atomic mass is 16.6. The minimum atomic E-state index is -1.82. The van der Waals surface area contributed by atoms with Crippen LogP contribution in [0.4, 0.5) is 0 Å². The maximum atomic E-state index is 9.22. The van der Waals surface area contributed by atoms with Crippen LogP contribution < -0.4 is 14.8 Å². The van der Waals surface area contributed by atoms with E-state index in [-0.39, 0.29) is 11.9 Å². The van der Waals surface area contributed by atoms with Crippen LogP contribution in [0, 0.1) is 0 Å². The summed E-state index contributed by atoms with van der Waals surface area (Å²) < 4.78 is 11.5. The SMILES string of the molecule is O=C(O)C(=O)O.Oc1ccc(CNCC2COc3ccccc3O2)cc1. The van der Waals surface area contributed by atoms with Crippen LogP contribution in [0.2, 0.25) is 0 Å². The normalized spacial score (nSPS) is 14.7. The van der Waals surface area contributed by atoms with Gasteiger partial charge in [0.25, 0.3) is 0 Å². The van der Waals surface area contributed by atoms with Crippen molar-refractivity contribution in [1.82, 2.24) is 5.32 Å². The van der Waals surface area contributed by atoms with E-state index in [1.165, 1.54) is 0 Å². The van der Waals surface area contributed by atoms with Crippen molar-refractivity contribution in [3.63, 3.8) is 0 Å². The van der Waals surface area contributed by atoms with E-state index in [2.05, 4.69) is 5.32 Å². The van der Waals surface area contributed by atoms with Gasteiger partial charge in [-0.3, -0.25) is 0 Å². The van der Waals surface area contributed by atoms with Gasteiger partial charge in [-0.1, -0.05) is 24.3 Å². The zero-order valence-corrected chi connectivity index (χ0v) is 13.8. The lowest BCUT2D eigenvalue weighted by molar-refractivity contribution is -0.159. The number of aliphatic carboxylic acids is 2. The molecule has 0 radical (unpaired) electrons. The summed E-state index contributed by atoms with van der Waals surface area (Å²) >= 11 is 0. The van der Waals surface area contributed by atoms with Crippen molar-refractivity contribution in [3.8, 4) is 17.2 Å². The van der Waals surface area contributed by atoms with Crippen LogP contribution in [0.5, 0.6) is 17.2 Å². The molecule has 0 aromatic heterocycles. The second-order valence-electron chi connectivity index (χ2n) is 5.41. The molecule has 0 fully saturated rings. The molecule has 1 aliphatic rings. The van der Waals surface area contributed by atoms with Gasteiger partial charge in [0.15, 0.2) is 11.5 Å². The van der Waals surface area contributed by atoms with Gasteiger partial charge < -0.3 is 30.1 Å². The average molecular weight is 361 g/mol. The number of phenols is 1. The minimum absolute atomic E-state index is 0.0158. The van der Waals surface area contributed by atoms with E-state index >= 15 is 0 Å². The summed E-state index contributed by atoms with van der Waals surface area (Å²) in [6, 6.07) is 14.9. The van der Waals surface area contributed by atoms with Crippen molar-refractivity contribution in [2.24, 2.45) is 0 Å². The van der Waals surface area contributed by atoms with Crippen molar-refractivity contribution in [2.45, 2.75) is 12.6 Å². The number of fused-ring (bicyclic) bond motifs is 1. The van der Waals surface area contributed by atoms with Crippen LogP contribution in [0.15, 0.2) is 48.5 Å². The molecule has 1 heterocycles. The quantitative estimate of drug-likeness (QED) is 0.604. The third-order valence-electron chi connectivity index (χ3n) is 3.39. The molecular weight excluding hydrogens is 342 g/mol. The van der Waals surface area contributed by atoms with Crippen LogP contribution in [0.1, 0.15) is 5.56 Å². The Morgan fingerprint density at radius 3 is 2.23 bits per heavy atom. The fourth-order valence-corrected chi connectivity index (χ4v) is 2.15. The van der Waals surface area contributed by atoms with Gasteiger partial charge >= 0.3 is 11.9 Å². The van der Waals surface area contributed by atoms with Crippen LogP contribution in [0.25, 0.3) is 0 Å². The van der Waals surface area contributed by atoms with Gasteiger partial charge in [-0.05, 0) is 29.8 Å². The number of aromatic hydroxyl groups is 1. The van der Waals surface area contributed by atoms with Crippen LogP contribution >= 0.6 is 0 Å². The second kappa shape index (κ2) is 9.28. The number of carboxylic acids is 2. The topological polar surface area (TPSA) is 125 Å². The molecule has 3 rings (SSSR count). The van der Waals surface area contributed by atoms with Crippen molar-refractivity contribution < 1.29 is 34.4 Å². The predicted octanol–water partition coefficient (Wildman–Crippen LogP) is 1.48. The summed E-state index contributed by atoms with van der Waals surface area (Å²) in [6.45, 7) is 2.01. The average Bonchev–Trinajstić information content (AvgIpc) is 2.64. The standard InChI is InChI=1S/C16H17NO3.C2H2O4/c18-13-7-5-12(6-8-13)9-17-10-14-11-19-15-3-1-2-4-16(15)20-14;3-1(4)2(5)6/h1-8,14,17-18H,9-11H2;(H,3,4)(H,5,6). The summed E-state index contributed by atoms with van der Waals surface area (Å²) in [4.78, 5) is 18.2. The summed E-state index contributed by atoms with van der Waals surface area (Å²) in [6.07, 6.45) is 0.0158. The highest BCUT2D eigenvalue weighted by Crippen LogP contribution is 2.30. The number of hydrogen-bond donors (Lipinski definition) is 4. The first kappa shape index (κ1) is 19.1. The molecule has 0 saturated heterocycles. The first-order chi connectivity index (χ1) is 12.5. The van der Waals surface area contributed by atoms with Crippen molar-refractivity contribution in [2.75, 3.05) is 13.2 Å². The lowest BCUT2D eigenvalue weighted by atomic mass is 10.2. The van der Waals surface area contributed by atoms with E-state index in [0.717, 1.165) is 30.2 Å². The zero-order chi connectivity index (χ0) is 18.9. The fourth-order valence-electron chi connectivity index (χ4n) is 2.15. The molecule has 1 aliphatic heterocycles. The van der Waals surface area contributed by atoms with E-state index in [4.69, 9.17) is 29.3 Å².